The molecule has 0 fully saturated rings. The van der Waals surface area contributed by atoms with Crippen molar-refractivity contribution in [1.29, 1.82) is 0 Å². The van der Waals surface area contributed by atoms with Gasteiger partial charge in [0, 0.05) is 24.8 Å². The first-order valence-corrected chi connectivity index (χ1v) is 7.55. The Kier molecular flexibility index (Phi) is 5.36. The summed E-state index contributed by atoms with van der Waals surface area (Å²) in [6.07, 6.45) is 3.68. The molecule has 0 radical (unpaired) electrons. The molecule has 0 aromatic heterocycles. The van der Waals surface area contributed by atoms with E-state index in [1.54, 1.807) is 12.1 Å². The van der Waals surface area contributed by atoms with Crippen LogP contribution in [0.25, 0.3) is 12.2 Å². The number of nitro benzene ring substituents is 1. The summed E-state index contributed by atoms with van der Waals surface area (Å²) in [5, 5.41) is 20.3. The minimum atomic E-state index is -0.592. The quantitative estimate of drug-likeness (QED) is 0.490. The lowest BCUT2D eigenvalue weighted by Crippen LogP contribution is -2.21. The fourth-order valence-corrected chi connectivity index (χ4v) is 2.37. The van der Waals surface area contributed by atoms with Crippen LogP contribution in [0.1, 0.15) is 25.0 Å². The molecule has 0 heterocycles. The highest BCUT2D eigenvalue weighted by molar-refractivity contribution is 5.72. The van der Waals surface area contributed by atoms with Crippen molar-refractivity contribution in [2.24, 2.45) is 0 Å². The van der Waals surface area contributed by atoms with E-state index in [0.717, 1.165) is 18.7 Å². The number of aromatic hydroxyl groups is 1. The van der Waals surface area contributed by atoms with Gasteiger partial charge in [-0.3, -0.25) is 10.1 Å². The highest BCUT2D eigenvalue weighted by atomic mass is 16.6. The van der Waals surface area contributed by atoms with Gasteiger partial charge in [0.15, 0.2) is 5.75 Å². The van der Waals surface area contributed by atoms with Gasteiger partial charge in [-0.05, 0) is 43.2 Å². The molecular formula is C18H20N2O3. The van der Waals surface area contributed by atoms with Gasteiger partial charge in [-0.25, -0.2) is 0 Å². The maximum atomic E-state index is 10.8. The fourth-order valence-electron chi connectivity index (χ4n) is 2.37. The topological polar surface area (TPSA) is 66.6 Å². The Morgan fingerprint density at radius 3 is 2.17 bits per heavy atom. The van der Waals surface area contributed by atoms with Crippen molar-refractivity contribution in [2.75, 3.05) is 18.0 Å². The van der Waals surface area contributed by atoms with Crippen molar-refractivity contribution < 1.29 is 10.0 Å². The molecule has 0 aliphatic heterocycles. The molecule has 5 nitrogen and oxygen atoms in total. The van der Waals surface area contributed by atoms with Crippen molar-refractivity contribution >= 4 is 23.5 Å². The van der Waals surface area contributed by atoms with Crippen molar-refractivity contribution in [3.63, 3.8) is 0 Å². The first-order chi connectivity index (χ1) is 11.0. The van der Waals surface area contributed by atoms with Crippen LogP contribution < -0.4 is 4.90 Å². The molecule has 2 aromatic carbocycles. The Labute approximate surface area is 135 Å². The van der Waals surface area contributed by atoms with Crippen molar-refractivity contribution in [3.05, 3.63) is 63.7 Å². The number of nitrogens with zero attached hydrogens (tertiary/aromatic N) is 2. The second-order valence-corrected chi connectivity index (χ2v) is 5.10. The minimum absolute atomic E-state index is 0.288. The van der Waals surface area contributed by atoms with Gasteiger partial charge in [-0.1, -0.05) is 30.4 Å². The zero-order valence-electron chi connectivity index (χ0n) is 13.3. The number of benzene rings is 2. The molecule has 0 atom stereocenters. The summed E-state index contributed by atoms with van der Waals surface area (Å²) in [6, 6.07) is 12.5. The van der Waals surface area contributed by atoms with Gasteiger partial charge in [-0.15, -0.1) is 0 Å². The summed E-state index contributed by atoms with van der Waals surface area (Å²) < 4.78 is 0. The first-order valence-electron chi connectivity index (χ1n) is 7.55. The van der Waals surface area contributed by atoms with Crippen LogP contribution in [-0.2, 0) is 0 Å². The summed E-state index contributed by atoms with van der Waals surface area (Å²) in [4.78, 5) is 12.5. The number of phenolic OH excluding ortho intramolecular Hbond substituents is 1. The molecule has 1 N–H and O–H groups in total. The summed E-state index contributed by atoms with van der Waals surface area (Å²) in [7, 11) is 0. The number of hydrogen-bond donors (Lipinski definition) is 1. The van der Waals surface area contributed by atoms with Crippen LogP contribution in [0.3, 0.4) is 0 Å². The molecule has 0 spiro atoms. The molecule has 0 aliphatic rings. The number of hydrogen-bond acceptors (Lipinski definition) is 4. The lowest BCUT2D eigenvalue weighted by atomic mass is 10.1. The van der Waals surface area contributed by atoms with Gasteiger partial charge < -0.3 is 10.0 Å². The average molecular weight is 312 g/mol. The third-order valence-corrected chi connectivity index (χ3v) is 3.69. The van der Waals surface area contributed by atoms with Crippen LogP contribution in [0, 0.1) is 10.1 Å². The van der Waals surface area contributed by atoms with E-state index in [-0.39, 0.29) is 11.4 Å². The Morgan fingerprint density at radius 1 is 1.04 bits per heavy atom. The number of anilines is 1. The van der Waals surface area contributed by atoms with E-state index in [1.807, 2.05) is 18.2 Å². The van der Waals surface area contributed by atoms with Crippen LogP contribution in [-0.4, -0.2) is 23.1 Å². The molecule has 0 bridgehead atoms. The SMILES string of the molecule is CCN(CC)c1ccc(C=Cc2ccc(O)c([N+](=O)[O-])c2)cc1. The van der Waals surface area contributed by atoms with E-state index in [4.69, 9.17) is 0 Å². The highest BCUT2D eigenvalue weighted by Gasteiger charge is 2.12. The third kappa shape index (κ3) is 4.10. The van der Waals surface area contributed by atoms with Crippen LogP contribution in [0.5, 0.6) is 5.75 Å². The van der Waals surface area contributed by atoms with Crippen LogP contribution in [0.15, 0.2) is 42.5 Å². The predicted octanol–water partition coefficient (Wildman–Crippen LogP) is 4.32. The Hall–Kier alpha value is -2.82. The minimum Gasteiger partial charge on any atom is -0.502 e. The van der Waals surface area contributed by atoms with E-state index in [9.17, 15) is 15.2 Å². The van der Waals surface area contributed by atoms with Crippen LogP contribution in [0.4, 0.5) is 11.4 Å². The van der Waals surface area contributed by atoms with E-state index < -0.39 is 4.92 Å². The van der Waals surface area contributed by atoms with Gasteiger partial charge in [-0.2, -0.15) is 0 Å². The average Bonchev–Trinajstić information content (AvgIpc) is 2.56. The van der Waals surface area contributed by atoms with Gasteiger partial charge >= 0.3 is 5.69 Å². The molecule has 23 heavy (non-hydrogen) atoms. The standard InChI is InChI=1S/C18H20N2O3/c1-3-19(4-2)16-10-7-14(8-11-16)5-6-15-9-12-18(21)17(13-15)20(22)23/h5-13,21H,3-4H2,1-2H3. The number of nitro groups is 1. The Morgan fingerprint density at radius 2 is 1.61 bits per heavy atom. The van der Waals surface area contributed by atoms with E-state index in [2.05, 4.69) is 30.9 Å². The van der Waals surface area contributed by atoms with Gasteiger partial charge in [0.2, 0.25) is 0 Å². The molecule has 0 amide bonds. The summed E-state index contributed by atoms with van der Waals surface area (Å²) in [5.41, 5.74) is 2.57. The number of phenols is 1. The molecular weight excluding hydrogens is 292 g/mol. The van der Waals surface area contributed by atoms with Crippen LogP contribution in [0.2, 0.25) is 0 Å². The monoisotopic (exact) mass is 312 g/mol. The zero-order valence-corrected chi connectivity index (χ0v) is 13.3. The lowest BCUT2D eigenvalue weighted by Gasteiger charge is -2.20. The van der Waals surface area contributed by atoms with E-state index >= 15 is 0 Å². The second kappa shape index (κ2) is 7.45. The maximum Gasteiger partial charge on any atom is 0.311 e. The van der Waals surface area contributed by atoms with Crippen molar-refractivity contribution in [2.45, 2.75) is 13.8 Å². The molecule has 0 unspecified atom stereocenters. The molecule has 120 valence electrons. The molecule has 0 saturated carbocycles. The Balaban J connectivity index is 2.17. The van der Waals surface area contributed by atoms with Gasteiger partial charge in [0.1, 0.15) is 0 Å². The molecule has 0 saturated heterocycles. The lowest BCUT2D eigenvalue weighted by molar-refractivity contribution is -0.385. The van der Waals surface area contributed by atoms with Crippen molar-refractivity contribution in [1.82, 2.24) is 0 Å². The Bertz CT molecular complexity index is 705. The second-order valence-electron chi connectivity index (χ2n) is 5.10. The summed E-state index contributed by atoms with van der Waals surface area (Å²) in [6.45, 7) is 6.16. The molecule has 5 heteroatoms. The molecule has 0 aliphatic carbocycles. The zero-order chi connectivity index (χ0) is 16.8. The maximum absolute atomic E-state index is 10.8. The molecule has 2 rings (SSSR count). The largest absolute Gasteiger partial charge is 0.502 e. The van der Waals surface area contributed by atoms with Gasteiger partial charge in [0.25, 0.3) is 0 Å². The van der Waals surface area contributed by atoms with E-state index in [0.29, 0.717) is 5.56 Å². The predicted molar refractivity (Wildman–Crippen MR) is 93.7 cm³/mol. The molecule has 2 aromatic rings. The fraction of sp³-hybridized carbons (Fsp3) is 0.222. The van der Waals surface area contributed by atoms with E-state index in [1.165, 1.54) is 17.8 Å². The first kappa shape index (κ1) is 16.5. The smallest absolute Gasteiger partial charge is 0.311 e. The van der Waals surface area contributed by atoms with Crippen molar-refractivity contribution in [3.8, 4) is 5.75 Å². The normalized spacial score (nSPS) is 10.9. The van der Waals surface area contributed by atoms with Crippen LogP contribution >= 0.6 is 0 Å². The highest BCUT2D eigenvalue weighted by Crippen LogP contribution is 2.27. The third-order valence-electron chi connectivity index (χ3n) is 3.69. The summed E-state index contributed by atoms with van der Waals surface area (Å²) >= 11 is 0. The van der Waals surface area contributed by atoms with Gasteiger partial charge in [0.05, 0.1) is 4.92 Å². The summed E-state index contributed by atoms with van der Waals surface area (Å²) in [5.74, 6) is -0.323. The number of rotatable bonds is 6.